The first kappa shape index (κ1) is 28.4. The van der Waals surface area contributed by atoms with Gasteiger partial charge in [-0.05, 0) is 71.0 Å². The number of rotatable bonds is 9. The van der Waals surface area contributed by atoms with Crippen molar-refractivity contribution in [3.63, 3.8) is 0 Å². The largest absolute Gasteiger partial charge is 0.508 e. The second-order valence-electron chi connectivity index (χ2n) is 10.3. The van der Waals surface area contributed by atoms with Crippen LogP contribution in [0.15, 0.2) is 77.1 Å². The quantitative estimate of drug-likeness (QED) is 0.199. The highest BCUT2D eigenvalue weighted by Crippen LogP contribution is 2.33. The van der Waals surface area contributed by atoms with Crippen molar-refractivity contribution >= 4 is 34.7 Å². The maximum atomic E-state index is 14.4. The molecule has 0 saturated carbocycles. The highest BCUT2D eigenvalue weighted by molar-refractivity contribution is 6.33. The molecule has 41 heavy (non-hydrogen) atoms. The van der Waals surface area contributed by atoms with Gasteiger partial charge in [0.1, 0.15) is 5.75 Å². The number of aromatic nitrogens is 2. The van der Waals surface area contributed by atoms with Crippen LogP contribution in [0.1, 0.15) is 25.0 Å². The fourth-order valence-electron chi connectivity index (χ4n) is 4.72. The van der Waals surface area contributed by atoms with Crippen molar-refractivity contribution in [1.82, 2.24) is 9.97 Å². The number of nitrogens with one attached hydrogen (secondary N) is 1. The van der Waals surface area contributed by atoms with E-state index < -0.39 is 5.82 Å². The van der Waals surface area contributed by atoms with Crippen LogP contribution in [-0.4, -0.2) is 41.4 Å². The van der Waals surface area contributed by atoms with Gasteiger partial charge in [0, 0.05) is 18.8 Å². The maximum absolute atomic E-state index is 14.4. The molecule has 10 heteroatoms. The van der Waals surface area contributed by atoms with Crippen molar-refractivity contribution in [3.05, 3.63) is 88.8 Å². The molecule has 2 N–H and O–H groups in total. The van der Waals surface area contributed by atoms with Crippen molar-refractivity contribution in [3.8, 4) is 16.9 Å². The van der Waals surface area contributed by atoms with E-state index in [-0.39, 0.29) is 24.1 Å². The summed E-state index contributed by atoms with van der Waals surface area (Å²) in [4.78, 5) is 10.1. The summed E-state index contributed by atoms with van der Waals surface area (Å²) in [5, 5.41) is 22.4. The van der Waals surface area contributed by atoms with Crippen LogP contribution in [0.25, 0.3) is 11.1 Å². The first-order chi connectivity index (χ1) is 19.9. The highest BCUT2D eigenvalue weighted by atomic mass is 35.5. The van der Waals surface area contributed by atoms with Crippen molar-refractivity contribution in [1.29, 1.82) is 0 Å². The zero-order chi connectivity index (χ0) is 28.8. The van der Waals surface area contributed by atoms with Gasteiger partial charge >= 0.3 is 0 Å². The van der Waals surface area contributed by atoms with Crippen LogP contribution in [0.5, 0.6) is 5.75 Å². The molecule has 4 aromatic rings. The Hall–Kier alpha value is -4.08. The molecule has 0 aliphatic carbocycles. The number of phenols is 1. The molecule has 1 saturated heterocycles. The Kier molecular flexibility index (Phi) is 9.06. The summed E-state index contributed by atoms with van der Waals surface area (Å²) in [5.74, 6) is 0.454. The molecule has 0 atom stereocenters. The summed E-state index contributed by atoms with van der Waals surface area (Å²) in [5.41, 5.74) is 5.60. The minimum Gasteiger partial charge on any atom is -0.508 e. The molecule has 2 heterocycles. The van der Waals surface area contributed by atoms with E-state index in [9.17, 15) is 9.50 Å². The summed E-state index contributed by atoms with van der Waals surface area (Å²) in [6.45, 7) is 6.75. The minimum absolute atomic E-state index is 0.106. The van der Waals surface area contributed by atoms with Crippen LogP contribution in [0.2, 0.25) is 5.02 Å². The lowest BCUT2D eigenvalue weighted by Crippen LogP contribution is -2.37. The molecule has 0 spiro atoms. The Morgan fingerprint density at radius 3 is 2.56 bits per heavy atom. The van der Waals surface area contributed by atoms with Crippen LogP contribution in [0.4, 0.5) is 27.5 Å². The molecule has 8 nitrogen and oxygen atoms in total. The molecule has 0 amide bonds. The van der Waals surface area contributed by atoms with Crippen molar-refractivity contribution in [2.24, 2.45) is 16.1 Å². The number of benzene rings is 3. The molecule has 5 rings (SSSR count). The average Bonchev–Trinajstić information content (AvgIpc) is 2.96. The number of azo groups is 1. The van der Waals surface area contributed by atoms with Crippen molar-refractivity contribution < 1.29 is 14.2 Å². The van der Waals surface area contributed by atoms with E-state index >= 15 is 0 Å². The Morgan fingerprint density at radius 1 is 1.05 bits per heavy atom. The average molecular weight is 575 g/mol. The van der Waals surface area contributed by atoms with E-state index in [0.29, 0.717) is 37.2 Å². The standard InChI is InChI=1S/C31H32ClFN6O2/c1-20(2)13-23-17-29(36-25-7-3-5-21(14-25)22-6-4-8-26(40)15-22)27(32)16-24(23)18-35-38-31-34-19-28(33)30(37-31)39-9-11-41-12-10-39/h3-8,14-17,19-20,36,40H,9-13,18H2,1-2H3. The Morgan fingerprint density at radius 2 is 1.80 bits per heavy atom. The highest BCUT2D eigenvalue weighted by Gasteiger charge is 2.18. The van der Waals surface area contributed by atoms with E-state index in [1.54, 1.807) is 12.1 Å². The maximum Gasteiger partial charge on any atom is 0.270 e. The van der Waals surface area contributed by atoms with Crippen molar-refractivity contribution in [2.45, 2.75) is 26.8 Å². The molecule has 3 aromatic carbocycles. The lowest BCUT2D eigenvalue weighted by Gasteiger charge is -2.27. The van der Waals surface area contributed by atoms with E-state index in [0.717, 1.165) is 46.2 Å². The number of morpholine rings is 1. The summed E-state index contributed by atoms with van der Waals surface area (Å²) < 4.78 is 19.7. The Bertz CT molecular complexity index is 1540. The van der Waals surface area contributed by atoms with Crippen LogP contribution < -0.4 is 10.2 Å². The van der Waals surface area contributed by atoms with E-state index in [1.807, 2.05) is 47.4 Å². The van der Waals surface area contributed by atoms with Gasteiger partial charge in [0.2, 0.25) is 0 Å². The predicted octanol–water partition coefficient (Wildman–Crippen LogP) is 7.70. The number of ether oxygens (including phenoxy) is 1. The number of anilines is 3. The Labute approximate surface area is 243 Å². The topological polar surface area (TPSA) is 95.2 Å². The zero-order valence-corrected chi connectivity index (χ0v) is 23.8. The number of hydrogen-bond acceptors (Lipinski definition) is 8. The first-order valence-corrected chi connectivity index (χ1v) is 13.9. The smallest absolute Gasteiger partial charge is 0.270 e. The van der Waals surface area contributed by atoms with Gasteiger partial charge in [-0.3, -0.25) is 0 Å². The molecule has 1 aromatic heterocycles. The van der Waals surface area contributed by atoms with Gasteiger partial charge in [-0.15, -0.1) is 5.11 Å². The number of aromatic hydroxyl groups is 1. The molecule has 212 valence electrons. The van der Waals surface area contributed by atoms with Crippen LogP contribution in [0, 0.1) is 11.7 Å². The summed E-state index contributed by atoms with van der Waals surface area (Å²) in [7, 11) is 0. The lowest BCUT2D eigenvalue weighted by molar-refractivity contribution is 0.122. The zero-order valence-electron chi connectivity index (χ0n) is 23.0. The molecule has 0 radical (unpaired) electrons. The molecule has 0 unspecified atom stereocenters. The fourth-order valence-corrected chi connectivity index (χ4v) is 4.95. The predicted molar refractivity (Wildman–Crippen MR) is 160 cm³/mol. The van der Waals surface area contributed by atoms with Gasteiger partial charge < -0.3 is 20.1 Å². The van der Waals surface area contributed by atoms with Gasteiger partial charge in [-0.25, -0.2) is 9.37 Å². The monoisotopic (exact) mass is 574 g/mol. The summed E-state index contributed by atoms with van der Waals surface area (Å²) in [6.07, 6.45) is 1.96. The molecular formula is C31H32ClFN6O2. The molecular weight excluding hydrogens is 543 g/mol. The summed E-state index contributed by atoms with van der Waals surface area (Å²) >= 11 is 6.74. The molecule has 0 bridgehead atoms. The number of phenolic OH excluding ortho intramolecular Hbond substituents is 1. The van der Waals surface area contributed by atoms with E-state index in [4.69, 9.17) is 16.3 Å². The second-order valence-corrected chi connectivity index (χ2v) is 10.7. The van der Waals surface area contributed by atoms with Crippen LogP contribution >= 0.6 is 11.6 Å². The Balaban J connectivity index is 1.35. The third kappa shape index (κ3) is 7.36. The fraction of sp³-hybridized carbons (Fsp3) is 0.290. The van der Waals surface area contributed by atoms with Gasteiger partial charge in [0.25, 0.3) is 5.95 Å². The molecule has 1 fully saturated rings. The number of nitrogens with zero attached hydrogens (tertiary/aromatic N) is 5. The third-order valence-corrected chi connectivity index (χ3v) is 6.98. The summed E-state index contributed by atoms with van der Waals surface area (Å²) in [6, 6.07) is 19.1. The van der Waals surface area contributed by atoms with Gasteiger partial charge in [-0.2, -0.15) is 10.1 Å². The van der Waals surface area contributed by atoms with Gasteiger partial charge in [0.05, 0.1) is 36.7 Å². The van der Waals surface area contributed by atoms with Crippen LogP contribution in [-0.2, 0) is 17.7 Å². The van der Waals surface area contributed by atoms with Gasteiger partial charge in [0.15, 0.2) is 11.6 Å². The van der Waals surface area contributed by atoms with Crippen LogP contribution in [0.3, 0.4) is 0 Å². The molecule has 1 aliphatic heterocycles. The number of hydrogen-bond donors (Lipinski definition) is 2. The van der Waals surface area contributed by atoms with E-state index in [1.165, 1.54) is 0 Å². The van der Waals surface area contributed by atoms with E-state index in [2.05, 4.69) is 45.4 Å². The lowest BCUT2D eigenvalue weighted by atomic mass is 9.97. The minimum atomic E-state index is -0.493. The normalized spacial score (nSPS) is 13.7. The third-order valence-electron chi connectivity index (χ3n) is 6.66. The second kappa shape index (κ2) is 13.1. The SMILES string of the molecule is CC(C)Cc1cc(Nc2cccc(-c3cccc(O)c3)c2)c(Cl)cc1CN=Nc1ncc(F)c(N2CCOCC2)n1. The van der Waals surface area contributed by atoms with Crippen molar-refractivity contribution in [2.75, 3.05) is 36.5 Å². The van der Waals surface area contributed by atoms with Gasteiger partial charge in [-0.1, -0.05) is 49.7 Å². The number of halogens is 2. The first-order valence-electron chi connectivity index (χ1n) is 13.6. The molecule has 1 aliphatic rings.